The minimum Gasteiger partial charge on any atom is -0.507 e. The van der Waals surface area contributed by atoms with Crippen LogP contribution in [0.3, 0.4) is 0 Å². The Morgan fingerprint density at radius 1 is 1.07 bits per heavy atom. The van der Waals surface area contributed by atoms with Gasteiger partial charge in [-0.1, -0.05) is 42.7 Å². The molecule has 1 heterocycles. The first-order valence-electron chi connectivity index (χ1n) is 10.4. The van der Waals surface area contributed by atoms with Gasteiger partial charge < -0.3 is 14.7 Å². The van der Waals surface area contributed by atoms with E-state index < -0.39 is 17.7 Å². The van der Waals surface area contributed by atoms with Crippen molar-refractivity contribution in [1.29, 1.82) is 0 Å². The molecule has 1 amide bonds. The van der Waals surface area contributed by atoms with Gasteiger partial charge in [0.1, 0.15) is 11.5 Å². The number of likely N-dealkylation sites (tertiary alicyclic amines) is 1. The van der Waals surface area contributed by atoms with Crippen LogP contribution in [0.5, 0.6) is 5.75 Å². The smallest absolute Gasteiger partial charge is 0.295 e. The third-order valence-electron chi connectivity index (χ3n) is 6.22. The minimum atomic E-state index is -0.612. The Kier molecular flexibility index (Phi) is 5.37. The van der Waals surface area contributed by atoms with Crippen LogP contribution in [0.4, 0.5) is 0 Å². The van der Waals surface area contributed by atoms with Gasteiger partial charge in [0.05, 0.1) is 18.7 Å². The van der Waals surface area contributed by atoms with E-state index >= 15 is 0 Å². The molecule has 0 radical (unpaired) electrons. The summed E-state index contributed by atoms with van der Waals surface area (Å²) in [5.41, 5.74) is 3.42. The van der Waals surface area contributed by atoms with E-state index in [1.807, 2.05) is 38.1 Å². The van der Waals surface area contributed by atoms with Crippen molar-refractivity contribution in [3.05, 3.63) is 70.3 Å². The van der Waals surface area contributed by atoms with Crippen LogP contribution in [0.15, 0.2) is 48.0 Å². The lowest BCUT2D eigenvalue weighted by atomic mass is 9.93. The molecule has 1 unspecified atom stereocenters. The largest absolute Gasteiger partial charge is 0.507 e. The molecule has 4 rings (SSSR count). The number of amides is 1. The third-order valence-corrected chi connectivity index (χ3v) is 6.22. The number of aliphatic hydroxyl groups excluding tert-OH is 1. The molecule has 156 valence electrons. The highest BCUT2D eigenvalue weighted by molar-refractivity contribution is 6.46. The Hall–Kier alpha value is -3.08. The summed E-state index contributed by atoms with van der Waals surface area (Å²) in [7, 11) is 1.59. The van der Waals surface area contributed by atoms with Crippen LogP contribution in [0.25, 0.3) is 5.76 Å². The zero-order valence-electron chi connectivity index (χ0n) is 17.6. The number of nitrogens with zero attached hydrogens (tertiary/aromatic N) is 1. The average Bonchev–Trinajstić information content (AvgIpc) is 3.34. The molecule has 2 aromatic rings. The molecule has 0 spiro atoms. The number of carbonyl (C=O) groups is 2. The Balaban J connectivity index is 1.89. The van der Waals surface area contributed by atoms with Crippen molar-refractivity contribution >= 4 is 17.4 Å². The molecule has 0 bridgehead atoms. The standard InChI is InChI=1S/C25H27NO4/c1-15-7-6-8-17(13-15)22-21(23(27)18-11-12-20(30-3)16(2)14-18)24(28)25(29)26(22)19-9-4-5-10-19/h6-8,11-14,19,22,27H,4-5,9-10H2,1-3H3/b23-21-. The lowest BCUT2D eigenvalue weighted by Gasteiger charge is -2.31. The van der Waals surface area contributed by atoms with Crippen LogP contribution >= 0.6 is 0 Å². The first kappa shape index (κ1) is 20.2. The van der Waals surface area contributed by atoms with Crippen LogP contribution in [-0.4, -0.2) is 34.8 Å². The van der Waals surface area contributed by atoms with Crippen LogP contribution < -0.4 is 4.74 Å². The number of ketones is 1. The van der Waals surface area contributed by atoms with E-state index in [9.17, 15) is 14.7 Å². The van der Waals surface area contributed by atoms with E-state index in [2.05, 4.69) is 0 Å². The zero-order chi connectivity index (χ0) is 21.4. The van der Waals surface area contributed by atoms with Gasteiger partial charge in [-0.3, -0.25) is 9.59 Å². The van der Waals surface area contributed by atoms with Gasteiger partial charge in [0.2, 0.25) is 0 Å². The van der Waals surface area contributed by atoms with Gasteiger partial charge in [0.15, 0.2) is 0 Å². The number of ether oxygens (including phenoxy) is 1. The summed E-state index contributed by atoms with van der Waals surface area (Å²) in [6.07, 6.45) is 3.87. The van der Waals surface area contributed by atoms with Gasteiger partial charge in [0, 0.05) is 11.6 Å². The molecule has 30 heavy (non-hydrogen) atoms. The lowest BCUT2D eigenvalue weighted by molar-refractivity contribution is -0.141. The second kappa shape index (κ2) is 7.98. The predicted octanol–water partition coefficient (Wildman–Crippen LogP) is 4.68. The summed E-state index contributed by atoms with van der Waals surface area (Å²) in [5, 5.41) is 11.2. The van der Waals surface area contributed by atoms with Crippen molar-refractivity contribution in [2.75, 3.05) is 7.11 Å². The monoisotopic (exact) mass is 405 g/mol. The fourth-order valence-corrected chi connectivity index (χ4v) is 4.76. The number of carbonyl (C=O) groups excluding carboxylic acids is 2. The third kappa shape index (κ3) is 3.38. The molecular weight excluding hydrogens is 378 g/mol. The summed E-state index contributed by atoms with van der Waals surface area (Å²) in [5.74, 6) is -0.557. The normalized spacial score (nSPS) is 21.4. The highest BCUT2D eigenvalue weighted by atomic mass is 16.5. The Morgan fingerprint density at radius 2 is 1.80 bits per heavy atom. The second-order valence-electron chi connectivity index (χ2n) is 8.24. The average molecular weight is 405 g/mol. The van der Waals surface area contributed by atoms with E-state index in [4.69, 9.17) is 4.74 Å². The van der Waals surface area contributed by atoms with E-state index in [1.165, 1.54) is 0 Å². The van der Waals surface area contributed by atoms with Crippen LogP contribution in [0, 0.1) is 13.8 Å². The molecular formula is C25H27NO4. The summed E-state index contributed by atoms with van der Waals surface area (Å²) < 4.78 is 5.30. The van der Waals surface area contributed by atoms with Gasteiger partial charge in [-0.25, -0.2) is 0 Å². The van der Waals surface area contributed by atoms with E-state index in [1.54, 1.807) is 30.2 Å². The predicted molar refractivity (Wildman–Crippen MR) is 115 cm³/mol. The molecule has 1 aliphatic carbocycles. The summed E-state index contributed by atoms with van der Waals surface area (Å²) >= 11 is 0. The van der Waals surface area contributed by atoms with Crippen LogP contribution in [0.2, 0.25) is 0 Å². The quantitative estimate of drug-likeness (QED) is 0.456. The van der Waals surface area contributed by atoms with E-state index in [0.29, 0.717) is 11.3 Å². The first-order chi connectivity index (χ1) is 14.4. The molecule has 2 aromatic carbocycles. The number of hydrogen-bond donors (Lipinski definition) is 1. The van der Waals surface area contributed by atoms with Crippen LogP contribution in [0.1, 0.15) is 54.0 Å². The Morgan fingerprint density at radius 3 is 2.43 bits per heavy atom. The number of Topliss-reactive ketones (excluding diaryl/α,β-unsaturated/α-hetero) is 1. The van der Waals surface area contributed by atoms with Gasteiger partial charge in [0.25, 0.3) is 11.7 Å². The maximum Gasteiger partial charge on any atom is 0.295 e. The molecule has 1 atom stereocenters. The SMILES string of the molecule is COc1ccc(/C(O)=C2/C(=O)C(=O)N(C3CCCC3)C2c2cccc(C)c2)cc1C. The maximum atomic E-state index is 13.1. The highest BCUT2D eigenvalue weighted by Crippen LogP contribution is 2.43. The van der Waals surface area contributed by atoms with E-state index in [-0.39, 0.29) is 17.4 Å². The highest BCUT2D eigenvalue weighted by Gasteiger charge is 2.49. The molecule has 1 saturated carbocycles. The molecule has 2 fully saturated rings. The number of methoxy groups -OCH3 is 1. The topological polar surface area (TPSA) is 66.8 Å². The lowest BCUT2D eigenvalue weighted by Crippen LogP contribution is -2.37. The van der Waals surface area contributed by atoms with E-state index in [0.717, 1.165) is 42.4 Å². The van der Waals surface area contributed by atoms with Crippen LogP contribution in [-0.2, 0) is 9.59 Å². The van der Waals surface area contributed by atoms with Gasteiger partial charge >= 0.3 is 0 Å². The van der Waals surface area contributed by atoms with Gasteiger partial charge in [-0.15, -0.1) is 0 Å². The summed E-state index contributed by atoms with van der Waals surface area (Å²) in [4.78, 5) is 27.9. The maximum absolute atomic E-state index is 13.1. The first-order valence-corrected chi connectivity index (χ1v) is 10.4. The second-order valence-corrected chi connectivity index (χ2v) is 8.24. The van der Waals surface area contributed by atoms with Crippen molar-refractivity contribution in [1.82, 2.24) is 4.90 Å². The molecule has 1 saturated heterocycles. The number of benzene rings is 2. The minimum absolute atomic E-state index is 0.0230. The fourth-order valence-electron chi connectivity index (χ4n) is 4.76. The Labute approximate surface area is 177 Å². The number of aryl methyl sites for hydroxylation is 2. The molecule has 0 aromatic heterocycles. The summed E-state index contributed by atoms with van der Waals surface area (Å²) in [6.45, 7) is 3.86. The van der Waals surface area contributed by atoms with Crippen molar-refractivity contribution in [3.8, 4) is 5.75 Å². The van der Waals surface area contributed by atoms with Crippen molar-refractivity contribution in [2.24, 2.45) is 0 Å². The number of aliphatic hydroxyl groups is 1. The van der Waals surface area contributed by atoms with Gasteiger partial charge in [-0.2, -0.15) is 0 Å². The Bertz CT molecular complexity index is 1030. The van der Waals surface area contributed by atoms with Crippen molar-refractivity contribution in [3.63, 3.8) is 0 Å². The molecule has 5 heteroatoms. The number of rotatable bonds is 4. The molecule has 1 aliphatic heterocycles. The molecule has 1 N–H and O–H groups in total. The molecule has 2 aliphatic rings. The number of hydrogen-bond acceptors (Lipinski definition) is 4. The fraction of sp³-hybridized carbons (Fsp3) is 0.360. The van der Waals surface area contributed by atoms with Gasteiger partial charge in [-0.05, 0) is 56.0 Å². The van der Waals surface area contributed by atoms with Crippen molar-refractivity contribution in [2.45, 2.75) is 51.6 Å². The molecule has 5 nitrogen and oxygen atoms in total. The van der Waals surface area contributed by atoms with Crippen molar-refractivity contribution < 1.29 is 19.4 Å². The summed E-state index contributed by atoms with van der Waals surface area (Å²) in [6, 6.07) is 12.5. The zero-order valence-corrected chi connectivity index (χ0v) is 17.6.